The van der Waals surface area contributed by atoms with Crippen molar-refractivity contribution in [3.63, 3.8) is 0 Å². The van der Waals surface area contributed by atoms with Crippen LogP contribution in [0.5, 0.6) is 0 Å². The quantitative estimate of drug-likeness (QED) is 0.692. The summed E-state index contributed by atoms with van der Waals surface area (Å²) in [5, 5.41) is 8.27. The van der Waals surface area contributed by atoms with Gasteiger partial charge in [0.2, 0.25) is 11.8 Å². The van der Waals surface area contributed by atoms with E-state index < -0.39 is 0 Å². The second kappa shape index (κ2) is 8.62. The third kappa shape index (κ3) is 4.82. The second-order valence-corrected chi connectivity index (χ2v) is 6.90. The van der Waals surface area contributed by atoms with Gasteiger partial charge < -0.3 is 5.32 Å². The zero-order valence-electron chi connectivity index (χ0n) is 15.8. The van der Waals surface area contributed by atoms with Gasteiger partial charge in [0.15, 0.2) is 0 Å². The molecule has 0 spiro atoms. The van der Waals surface area contributed by atoms with Gasteiger partial charge in [0.25, 0.3) is 0 Å². The van der Waals surface area contributed by atoms with E-state index in [9.17, 15) is 9.59 Å². The van der Waals surface area contributed by atoms with Crippen molar-refractivity contribution in [3.05, 3.63) is 65.9 Å². The van der Waals surface area contributed by atoms with Crippen LogP contribution in [0.2, 0.25) is 0 Å². The van der Waals surface area contributed by atoms with Gasteiger partial charge in [-0.3, -0.25) is 9.59 Å². The Kier molecular flexibility index (Phi) is 6.01. The summed E-state index contributed by atoms with van der Waals surface area (Å²) < 4.78 is 1.41. The van der Waals surface area contributed by atoms with Gasteiger partial charge in [-0.1, -0.05) is 48.5 Å². The molecule has 0 bridgehead atoms. The number of nitrogens with zero attached hydrogens (tertiary/aromatic N) is 2. The minimum Gasteiger partial charge on any atom is -0.354 e. The maximum absolute atomic E-state index is 12.5. The Labute approximate surface area is 159 Å². The second-order valence-electron chi connectivity index (χ2n) is 6.90. The molecule has 140 valence electrons. The Hall–Kier alpha value is -2.95. The van der Waals surface area contributed by atoms with Crippen molar-refractivity contribution in [3.8, 4) is 0 Å². The third-order valence-corrected chi connectivity index (χ3v) is 4.69. The van der Waals surface area contributed by atoms with Crippen molar-refractivity contribution in [2.75, 3.05) is 0 Å². The van der Waals surface area contributed by atoms with Gasteiger partial charge in [-0.15, -0.1) is 0 Å². The van der Waals surface area contributed by atoms with Crippen LogP contribution in [-0.4, -0.2) is 27.6 Å². The van der Waals surface area contributed by atoms with Crippen molar-refractivity contribution in [2.24, 2.45) is 0 Å². The number of para-hydroxylation sites is 1. The number of aromatic nitrogens is 2. The Morgan fingerprint density at radius 1 is 1.04 bits per heavy atom. The number of hydrogen-bond donors (Lipinski definition) is 1. The molecule has 3 rings (SSSR count). The van der Waals surface area contributed by atoms with E-state index in [1.165, 1.54) is 10.2 Å². The lowest BCUT2D eigenvalue weighted by atomic mass is 10.1. The van der Waals surface area contributed by atoms with E-state index >= 15 is 0 Å². The molecular formula is C22H25N3O2. The van der Waals surface area contributed by atoms with E-state index in [0.29, 0.717) is 0 Å². The molecule has 1 amide bonds. The van der Waals surface area contributed by atoms with Gasteiger partial charge in [-0.25, -0.2) is 0 Å². The van der Waals surface area contributed by atoms with Gasteiger partial charge in [0, 0.05) is 24.3 Å². The van der Waals surface area contributed by atoms with Gasteiger partial charge in [0.1, 0.15) is 0 Å². The van der Waals surface area contributed by atoms with Gasteiger partial charge >= 0.3 is 0 Å². The predicted molar refractivity (Wildman–Crippen MR) is 107 cm³/mol. The summed E-state index contributed by atoms with van der Waals surface area (Å²) in [6.07, 6.45) is 2.09. The van der Waals surface area contributed by atoms with Crippen LogP contribution in [-0.2, 0) is 11.2 Å². The molecular weight excluding hydrogens is 338 g/mol. The van der Waals surface area contributed by atoms with Gasteiger partial charge in [0.05, 0.1) is 11.2 Å². The summed E-state index contributed by atoms with van der Waals surface area (Å²) >= 11 is 0. The molecule has 0 aliphatic carbocycles. The van der Waals surface area contributed by atoms with Crippen molar-refractivity contribution in [1.29, 1.82) is 0 Å². The van der Waals surface area contributed by atoms with Crippen LogP contribution in [0, 0.1) is 6.92 Å². The molecule has 1 aromatic heterocycles. The highest BCUT2D eigenvalue weighted by molar-refractivity contribution is 5.93. The molecule has 5 heteroatoms. The van der Waals surface area contributed by atoms with Crippen LogP contribution < -0.4 is 5.32 Å². The molecule has 5 nitrogen and oxygen atoms in total. The molecule has 0 aliphatic heterocycles. The van der Waals surface area contributed by atoms with E-state index in [1.54, 1.807) is 0 Å². The van der Waals surface area contributed by atoms with Crippen LogP contribution in [0.15, 0.2) is 54.6 Å². The molecule has 0 aliphatic rings. The molecule has 2 aromatic carbocycles. The number of nitrogens with one attached hydrogen (secondary N) is 1. The SMILES string of the molecule is Cc1nn(C(=O)CCC(=O)N[C@H](C)CCc2ccccc2)c2ccccc12. The maximum atomic E-state index is 12.5. The standard InChI is InChI=1S/C22H25N3O2/c1-16(12-13-18-8-4-3-5-9-18)23-21(26)14-15-22(27)25-20-11-7-6-10-19(20)17(2)24-25/h3-11,16H,12-15H2,1-2H3,(H,23,26)/t16-/m1/s1. The fraction of sp³-hybridized carbons (Fsp3) is 0.318. The average molecular weight is 363 g/mol. The molecule has 1 atom stereocenters. The first-order valence-corrected chi connectivity index (χ1v) is 9.35. The van der Waals surface area contributed by atoms with E-state index in [2.05, 4.69) is 22.5 Å². The normalized spacial score (nSPS) is 12.1. The lowest BCUT2D eigenvalue weighted by Crippen LogP contribution is -2.33. The molecule has 3 aromatic rings. The zero-order chi connectivity index (χ0) is 19.2. The molecule has 1 heterocycles. The van der Waals surface area contributed by atoms with E-state index in [4.69, 9.17) is 0 Å². The minimum atomic E-state index is -0.161. The summed E-state index contributed by atoms with van der Waals surface area (Å²) in [5.41, 5.74) is 2.87. The number of fused-ring (bicyclic) bond motifs is 1. The Morgan fingerprint density at radius 2 is 1.74 bits per heavy atom. The monoisotopic (exact) mass is 363 g/mol. The van der Waals surface area contributed by atoms with Gasteiger partial charge in [-0.05, 0) is 38.3 Å². The van der Waals surface area contributed by atoms with Crippen molar-refractivity contribution >= 4 is 22.7 Å². The molecule has 0 radical (unpaired) electrons. The van der Waals surface area contributed by atoms with Crippen molar-refractivity contribution in [1.82, 2.24) is 15.1 Å². The van der Waals surface area contributed by atoms with Crippen LogP contribution >= 0.6 is 0 Å². The number of hydrogen-bond acceptors (Lipinski definition) is 3. The van der Waals surface area contributed by atoms with Crippen LogP contribution in [0.1, 0.15) is 42.2 Å². The molecule has 0 saturated heterocycles. The zero-order valence-corrected chi connectivity index (χ0v) is 15.8. The maximum Gasteiger partial charge on any atom is 0.247 e. The Balaban J connectivity index is 1.49. The van der Waals surface area contributed by atoms with E-state index in [0.717, 1.165) is 29.4 Å². The summed E-state index contributed by atoms with van der Waals surface area (Å²) in [6.45, 7) is 3.88. The fourth-order valence-electron chi connectivity index (χ4n) is 3.19. The predicted octanol–water partition coefficient (Wildman–Crippen LogP) is 3.90. The average Bonchev–Trinajstić information content (AvgIpc) is 3.02. The lowest BCUT2D eigenvalue weighted by Gasteiger charge is -2.13. The smallest absolute Gasteiger partial charge is 0.247 e. The topological polar surface area (TPSA) is 64.0 Å². The number of amides is 1. The highest BCUT2D eigenvalue weighted by Gasteiger charge is 2.15. The molecule has 0 unspecified atom stereocenters. The first-order chi connectivity index (χ1) is 13.0. The summed E-state index contributed by atoms with van der Waals surface area (Å²) in [6, 6.07) is 17.9. The third-order valence-electron chi connectivity index (χ3n) is 4.69. The first kappa shape index (κ1) is 18.8. The molecule has 27 heavy (non-hydrogen) atoms. The lowest BCUT2D eigenvalue weighted by molar-refractivity contribution is -0.121. The minimum absolute atomic E-state index is 0.0700. The number of carbonyl (C=O) groups excluding carboxylic acids is 2. The van der Waals surface area contributed by atoms with Crippen LogP contribution in [0.3, 0.4) is 0 Å². The number of benzene rings is 2. The van der Waals surface area contributed by atoms with Crippen LogP contribution in [0.25, 0.3) is 10.9 Å². The van der Waals surface area contributed by atoms with Crippen LogP contribution in [0.4, 0.5) is 0 Å². The first-order valence-electron chi connectivity index (χ1n) is 9.35. The van der Waals surface area contributed by atoms with E-state index in [1.807, 2.05) is 56.3 Å². The Bertz CT molecular complexity index is 931. The van der Waals surface area contributed by atoms with E-state index in [-0.39, 0.29) is 30.7 Å². The Morgan fingerprint density at radius 3 is 2.52 bits per heavy atom. The number of carbonyl (C=O) groups is 2. The van der Waals surface area contributed by atoms with Gasteiger partial charge in [-0.2, -0.15) is 9.78 Å². The highest BCUT2D eigenvalue weighted by Crippen LogP contribution is 2.18. The summed E-state index contributed by atoms with van der Waals surface area (Å²) in [7, 11) is 0. The molecule has 1 N–H and O–H groups in total. The highest BCUT2D eigenvalue weighted by atomic mass is 16.2. The fourth-order valence-corrected chi connectivity index (χ4v) is 3.19. The molecule has 0 fully saturated rings. The molecule has 0 saturated carbocycles. The largest absolute Gasteiger partial charge is 0.354 e. The van der Waals surface area contributed by atoms with Crippen molar-refractivity contribution in [2.45, 2.75) is 45.6 Å². The van der Waals surface area contributed by atoms with Crippen molar-refractivity contribution < 1.29 is 9.59 Å². The number of rotatable bonds is 7. The summed E-state index contributed by atoms with van der Waals surface area (Å²) in [4.78, 5) is 24.7. The summed E-state index contributed by atoms with van der Waals surface area (Å²) in [5.74, 6) is -0.261. The number of aryl methyl sites for hydroxylation is 2.